The molecule has 25 heteroatoms. The van der Waals surface area contributed by atoms with Gasteiger partial charge in [0.25, 0.3) is 0 Å². The zero-order valence-corrected chi connectivity index (χ0v) is 51.5. The average molecular weight is 1220 g/mol. The molecular formula is C61H98N4O21. The summed E-state index contributed by atoms with van der Waals surface area (Å²) in [5.74, 6) is -4.26. The predicted octanol–water partition coefficient (Wildman–Crippen LogP) is 3.84. The molecule has 86 heavy (non-hydrogen) atoms. The number of carbonyl (C=O) groups excluding carboxylic acids is 6. The Labute approximate surface area is 507 Å². The molecule has 0 unspecified atom stereocenters. The van der Waals surface area contributed by atoms with Crippen LogP contribution < -0.4 is 26.4 Å². The third kappa shape index (κ3) is 39.9. The normalized spacial score (nSPS) is 12.5. The van der Waals surface area contributed by atoms with Crippen molar-refractivity contribution >= 4 is 41.4 Å². The van der Waals surface area contributed by atoms with E-state index in [0.717, 1.165) is 5.56 Å². The molecule has 0 aliphatic rings. The lowest BCUT2D eigenvalue weighted by Gasteiger charge is -2.26. The largest absolute Gasteiger partial charge is 0.491 e. The lowest BCUT2D eigenvalue weighted by molar-refractivity contribution is -0.154. The second kappa shape index (κ2) is 48.3. The predicted molar refractivity (Wildman–Crippen MR) is 316 cm³/mol. The van der Waals surface area contributed by atoms with Crippen molar-refractivity contribution in [2.45, 2.75) is 98.3 Å². The number of hydrogen-bond donors (Lipinski definition) is 5. The molecule has 0 aromatic heterocycles. The zero-order valence-electron chi connectivity index (χ0n) is 51.5. The molecule has 3 atom stereocenters. The number of ketones is 2. The first kappa shape index (κ1) is 76.4. The van der Waals surface area contributed by atoms with Crippen LogP contribution in [0.1, 0.15) is 83.4 Å². The van der Waals surface area contributed by atoms with E-state index in [1.54, 1.807) is 90.3 Å². The van der Waals surface area contributed by atoms with Crippen LogP contribution in [0.15, 0.2) is 48.5 Å². The first-order valence-corrected chi connectivity index (χ1v) is 29.5. The van der Waals surface area contributed by atoms with Gasteiger partial charge in [0.15, 0.2) is 11.6 Å². The molecule has 0 fully saturated rings. The van der Waals surface area contributed by atoms with E-state index in [9.17, 15) is 38.7 Å². The number of carboxylic acids is 1. The first-order valence-electron chi connectivity index (χ1n) is 29.5. The van der Waals surface area contributed by atoms with Gasteiger partial charge in [-0.1, -0.05) is 50.2 Å². The molecule has 0 aliphatic carbocycles. The molecule has 0 saturated heterocycles. The third-order valence-electron chi connectivity index (χ3n) is 12.5. The van der Waals surface area contributed by atoms with Gasteiger partial charge in [-0.2, -0.15) is 0 Å². The number of methoxy groups -OCH3 is 1. The maximum atomic E-state index is 14.1. The molecule has 488 valence electrons. The molecular weight excluding hydrogens is 1120 g/mol. The van der Waals surface area contributed by atoms with Crippen LogP contribution in [0, 0.1) is 17.3 Å². The van der Waals surface area contributed by atoms with Crippen molar-refractivity contribution in [1.82, 2.24) is 16.0 Å². The molecule has 0 radical (unpaired) electrons. The number of ether oxygens (including phenoxy) is 13. The molecule has 2 rings (SSSR count). The van der Waals surface area contributed by atoms with Gasteiger partial charge < -0.3 is 88.4 Å². The summed E-state index contributed by atoms with van der Waals surface area (Å²) in [4.78, 5) is 89.9. The van der Waals surface area contributed by atoms with E-state index in [2.05, 4.69) is 16.0 Å². The van der Waals surface area contributed by atoms with Crippen LogP contribution in [0.2, 0.25) is 0 Å². The van der Waals surface area contributed by atoms with Gasteiger partial charge in [-0.3, -0.25) is 28.8 Å². The second-order valence-corrected chi connectivity index (χ2v) is 21.1. The van der Waals surface area contributed by atoms with Gasteiger partial charge in [0.05, 0.1) is 163 Å². The number of nitrogens with two attached hydrogens (primary N) is 1. The Morgan fingerprint density at radius 1 is 0.535 bits per heavy atom. The van der Waals surface area contributed by atoms with Gasteiger partial charge in [-0.15, -0.1) is 0 Å². The highest BCUT2D eigenvalue weighted by molar-refractivity contribution is 5.95. The number of urea groups is 1. The van der Waals surface area contributed by atoms with Gasteiger partial charge in [-0.25, -0.2) is 4.79 Å². The fourth-order valence-electron chi connectivity index (χ4n) is 7.68. The standard InChI is InChI=1S/C61H98N4O21/c1-46(2)51(58(71)65-52(8-7-19-63-60(62)73)54(66)43-48-9-11-49(12-10-48)45-86-59(72)61(3,4)5)44-55(67)53(64-56(68)17-18-57(69)70)42-47-13-15-50(16-14-47)85-41-40-84-39-38-83-37-36-82-35-34-81-33-32-80-31-30-79-29-28-78-27-26-77-25-24-76-23-22-75-21-20-74-6/h9-16,46,51-53H,7-8,17-45H2,1-6H3,(H,64,68)(H,65,71)(H,69,70)(H3,62,63,73)/t51-,52-,53-/m0/s1. The molecule has 2 aromatic carbocycles. The topological polar surface area (TPSA) is 322 Å². The highest BCUT2D eigenvalue weighted by atomic mass is 16.6. The SMILES string of the molecule is COCCOCCOCCOCCOCCOCCOCCOCCOCCOCCOCCOc1ccc(C[C@H](NC(=O)CCC(=O)O)C(=O)C[C@H](C(=O)N[C@@H](CCCNC(N)=O)C(=O)Cc2ccc(COC(=O)C(C)(C)C)cc2)C(C)C)cc1. The number of esters is 1. The van der Waals surface area contributed by atoms with Gasteiger partial charge >= 0.3 is 18.0 Å². The summed E-state index contributed by atoms with van der Waals surface area (Å²) in [7, 11) is 1.63. The molecule has 0 bridgehead atoms. The molecule has 2 aromatic rings. The van der Waals surface area contributed by atoms with Crippen molar-refractivity contribution in [1.29, 1.82) is 0 Å². The summed E-state index contributed by atoms with van der Waals surface area (Å²) in [6.07, 6.45) is -0.651. The number of primary amides is 1. The average Bonchev–Trinajstić information content (AvgIpc) is 3.49. The second-order valence-electron chi connectivity index (χ2n) is 21.1. The number of benzene rings is 2. The number of rotatable bonds is 55. The quantitative estimate of drug-likeness (QED) is 0.0464. The molecule has 4 amide bonds. The van der Waals surface area contributed by atoms with Crippen LogP contribution in [0.4, 0.5) is 4.79 Å². The van der Waals surface area contributed by atoms with Gasteiger partial charge in [0.1, 0.15) is 19.0 Å². The van der Waals surface area contributed by atoms with Crippen LogP contribution in [-0.2, 0) is 105 Å². The van der Waals surface area contributed by atoms with Crippen LogP contribution in [0.25, 0.3) is 0 Å². The number of carboxylic acid groups (broad SMARTS) is 1. The van der Waals surface area contributed by atoms with Gasteiger partial charge in [0.2, 0.25) is 11.8 Å². The highest BCUT2D eigenvalue weighted by Crippen LogP contribution is 2.22. The molecule has 0 spiro atoms. The summed E-state index contributed by atoms with van der Waals surface area (Å²) >= 11 is 0. The van der Waals surface area contributed by atoms with Crippen LogP contribution in [0.3, 0.4) is 0 Å². The minimum Gasteiger partial charge on any atom is -0.491 e. The summed E-state index contributed by atoms with van der Waals surface area (Å²) in [5.41, 5.74) is 6.63. The van der Waals surface area contributed by atoms with E-state index in [1.165, 1.54) is 0 Å². The maximum absolute atomic E-state index is 14.1. The van der Waals surface area contributed by atoms with Crippen molar-refractivity contribution in [3.8, 4) is 5.75 Å². The molecule has 0 heterocycles. The minimum atomic E-state index is -1.18. The van der Waals surface area contributed by atoms with Crippen LogP contribution in [0.5, 0.6) is 5.75 Å². The lowest BCUT2D eigenvalue weighted by Crippen LogP contribution is -2.48. The number of nitrogens with one attached hydrogen (secondary N) is 3. The summed E-state index contributed by atoms with van der Waals surface area (Å²) in [6.45, 7) is 18.8. The molecule has 6 N–H and O–H groups in total. The van der Waals surface area contributed by atoms with Crippen molar-refractivity contribution in [3.63, 3.8) is 0 Å². The summed E-state index contributed by atoms with van der Waals surface area (Å²) in [6, 6.07) is 11.1. The Bertz CT molecular complexity index is 2160. The number of Topliss-reactive ketones (excluding diaryl/α,β-unsaturated/α-hetero) is 2. The Morgan fingerprint density at radius 2 is 0.965 bits per heavy atom. The zero-order chi connectivity index (χ0) is 63.1. The Kier molecular flexibility index (Phi) is 42.9. The van der Waals surface area contributed by atoms with E-state index < -0.39 is 59.4 Å². The maximum Gasteiger partial charge on any atom is 0.312 e. The Morgan fingerprint density at radius 3 is 1.38 bits per heavy atom. The molecule has 0 saturated carbocycles. The Balaban J connectivity index is 1.70. The first-order chi connectivity index (χ1) is 41.4. The smallest absolute Gasteiger partial charge is 0.312 e. The fourth-order valence-corrected chi connectivity index (χ4v) is 7.68. The summed E-state index contributed by atoms with van der Waals surface area (Å²) < 4.78 is 71.1. The number of aliphatic carboxylic acids is 1. The van der Waals surface area contributed by atoms with Crippen molar-refractivity contribution in [2.24, 2.45) is 23.0 Å². The summed E-state index contributed by atoms with van der Waals surface area (Å²) in [5, 5.41) is 17.2. The van der Waals surface area contributed by atoms with E-state index in [0.29, 0.717) is 162 Å². The van der Waals surface area contributed by atoms with Crippen LogP contribution >= 0.6 is 0 Å². The van der Waals surface area contributed by atoms with E-state index >= 15 is 0 Å². The molecule has 25 nitrogen and oxygen atoms in total. The lowest BCUT2D eigenvalue weighted by atomic mass is 9.86. The Hall–Kier alpha value is -5.71. The van der Waals surface area contributed by atoms with Gasteiger partial charge in [-0.05, 0) is 74.8 Å². The van der Waals surface area contributed by atoms with Crippen molar-refractivity contribution in [3.05, 3.63) is 65.2 Å². The van der Waals surface area contributed by atoms with E-state index in [-0.39, 0.29) is 69.5 Å². The molecule has 0 aliphatic heterocycles. The fraction of sp³-hybridized carbons (Fsp3) is 0.689. The minimum absolute atomic E-state index is 0.0357. The third-order valence-corrected chi connectivity index (χ3v) is 12.5. The van der Waals surface area contributed by atoms with E-state index in [1.807, 2.05) is 0 Å². The van der Waals surface area contributed by atoms with E-state index in [4.69, 9.17) is 67.3 Å². The van der Waals surface area contributed by atoms with Crippen LogP contribution in [-0.4, -0.2) is 218 Å². The van der Waals surface area contributed by atoms with Crippen molar-refractivity contribution in [2.75, 3.05) is 159 Å². The number of carbonyl (C=O) groups is 7. The van der Waals surface area contributed by atoms with Crippen molar-refractivity contribution < 1.29 is 100 Å². The number of amides is 4. The monoisotopic (exact) mass is 1220 g/mol. The highest BCUT2D eigenvalue weighted by Gasteiger charge is 2.32. The number of hydrogen-bond acceptors (Lipinski definition) is 20. The van der Waals surface area contributed by atoms with Gasteiger partial charge in [0, 0.05) is 38.8 Å².